The quantitative estimate of drug-likeness (QED) is 0.0980. The molecule has 2 nitrogen and oxygen atoms in total. The number of allylic oxidation sites excluding steroid dienone is 5. The Hall–Kier alpha value is -5.34. The maximum absolute atomic E-state index is 4.74. The summed E-state index contributed by atoms with van der Waals surface area (Å²) in [6.07, 6.45) is 4.45. The molecular weight excluding hydrogens is 520 g/mol. The van der Waals surface area contributed by atoms with Gasteiger partial charge in [-0.05, 0) is 88.4 Å². The lowest BCUT2D eigenvalue weighted by atomic mass is 9.93. The molecule has 2 heteroatoms. The number of benzene rings is 5. The van der Waals surface area contributed by atoms with Crippen LogP contribution in [0, 0.1) is 6.92 Å². The smallest absolute Gasteiger partial charge is 0.154 e. The zero-order valence-electron chi connectivity index (χ0n) is 24.9. The summed E-state index contributed by atoms with van der Waals surface area (Å²) in [6.45, 7) is 13.0. The lowest BCUT2D eigenvalue weighted by molar-refractivity contribution is 1.06. The number of aryl methyl sites for hydroxylation is 1. The molecule has 5 rings (SSSR count). The molecule has 0 aliphatic carbocycles. The van der Waals surface area contributed by atoms with Crippen molar-refractivity contribution in [3.8, 4) is 11.1 Å². The molecule has 0 unspecified atom stereocenters. The lowest BCUT2D eigenvalue weighted by Gasteiger charge is -2.12. The molecular formula is C41H36N2. The van der Waals surface area contributed by atoms with Gasteiger partial charge in [-0.1, -0.05) is 140 Å². The van der Waals surface area contributed by atoms with Gasteiger partial charge in [0, 0.05) is 5.56 Å². The summed E-state index contributed by atoms with van der Waals surface area (Å²) in [5.74, 6) is 0.641. The van der Waals surface area contributed by atoms with Gasteiger partial charge in [-0.15, -0.1) is 0 Å². The maximum Gasteiger partial charge on any atom is 0.154 e. The average molecular weight is 557 g/mol. The van der Waals surface area contributed by atoms with E-state index in [2.05, 4.69) is 141 Å². The van der Waals surface area contributed by atoms with Crippen LogP contribution < -0.4 is 0 Å². The highest BCUT2D eigenvalue weighted by Crippen LogP contribution is 2.29. The van der Waals surface area contributed by atoms with E-state index in [0.29, 0.717) is 12.4 Å². The Bertz CT molecular complexity index is 1810. The van der Waals surface area contributed by atoms with E-state index in [9.17, 15) is 0 Å². The molecule has 0 bridgehead atoms. The van der Waals surface area contributed by atoms with Crippen molar-refractivity contribution in [1.29, 1.82) is 0 Å². The van der Waals surface area contributed by atoms with E-state index in [1.165, 1.54) is 27.8 Å². The van der Waals surface area contributed by atoms with Crippen LogP contribution in [0.25, 0.3) is 27.8 Å². The Labute approximate surface area is 255 Å². The van der Waals surface area contributed by atoms with Crippen LogP contribution in [0.3, 0.4) is 0 Å². The molecule has 0 fully saturated rings. The van der Waals surface area contributed by atoms with Crippen LogP contribution in [0.1, 0.15) is 40.3 Å². The van der Waals surface area contributed by atoms with Crippen molar-refractivity contribution in [2.75, 3.05) is 0 Å². The third-order valence-corrected chi connectivity index (χ3v) is 7.49. The zero-order valence-corrected chi connectivity index (χ0v) is 24.9. The first-order chi connectivity index (χ1) is 21.0. The van der Waals surface area contributed by atoms with E-state index in [-0.39, 0.29) is 0 Å². The molecule has 0 heterocycles. The van der Waals surface area contributed by atoms with Crippen LogP contribution in [-0.4, -0.2) is 12.6 Å². The number of hydrogen-bond acceptors (Lipinski definition) is 1. The summed E-state index contributed by atoms with van der Waals surface area (Å²) in [5.41, 5.74) is 12.4. The van der Waals surface area contributed by atoms with Crippen molar-refractivity contribution in [1.82, 2.24) is 0 Å². The maximum atomic E-state index is 4.74. The second-order valence-electron chi connectivity index (χ2n) is 10.6. The van der Waals surface area contributed by atoms with Crippen LogP contribution >= 0.6 is 0 Å². The predicted molar refractivity (Wildman–Crippen MR) is 186 cm³/mol. The molecule has 0 aliphatic rings. The first-order valence-corrected chi connectivity index (χ1v) is 14.5. The third kappa shape index (κ3) is 7.49. The summed E-state index contributed by atoms with van der Waals surface area (Å²) in [6, 6.07) is 46.1. The molecule has 5 aromatic carbocycles. The van der Waals surface area contributed by atoms with Gasteiger partial charge in [0.1, 0.15) is 0 Å². The van der Waals surface area contributed by atoms with Crippen molar-refractivity contribution in [3.63, 3.8) is 0 Å². The van der Waals surface area contributed by atoms with Gasteiger partial charge < -0.3 is 0 Å². The Morgan fingerprint density at radius 1 is 0.651 bits per heavy atom. The normalized spacial score (nSPS) is 12.2. The molecule has 0 amide bonds. The zero-order chi connectivity index (χ0) is 30.0. The molecule has 0 atom stereocenters. The Morgan fingerprint density at radius 2 is 1.28 bits per heavy atom. The monoisotopic (exact) mass is 556 g/mol. The molecule has 0 aliphatic heterocycles. The molecule has 0 spiro atoms. The Balaban J connectivity index is 1.47. The van der Waals surface area contributed by atoms with Crippen LogP contribution in [0.2, 0.25) is 0 Å². The molecule has 43 heavy (non-hydrogen) atoms. The van der Waals surface area contributed by atoms with Gasteiger partial charge in [0.2, 0.25) is 0 Å². The number of aliphatic imine (C=N–C) groups is 2. The average Bonchev–Trinajstić information content (AvgIpc) is 3.06. The summed E-state index contributed by atoms with van der Waals surface area (Å²) >= 11 is 0. The molecule has 210 valence electrons. The van der Waals surface area contributed by atoms with Crippen molar-refractivity contribution in [2.45, 2.75) is 20.4 Å². The van der Waals surface area contributed by atoms with Gasteiger partial charge in [0.15, 0.2) is 5.84 Å². The second-order valence-corrected chi connectivity index (χ2v) is 10.6. The fourth-order valence-corrected chi connectivity index (χ4v) is 5.15. The van der Waals surface area contributed by atoms with Gasteiger partial charge in [-0.2, -0.15) is 0 Å². The van der Waals surface area contributed by atoms with Crippen molar-refractivity contribution < 1.29 is 0 Å². The summed E-state index contributed by atoms with van der Waals surface area (Å²) < 4.78 is 0. The first-order valence-electron chi connectivity index (χ1n) is 14.5. The van der Waals surface area contributed by atoms with Gasteiger partial charge in [-0.25, -0.2) is 4.99 Å². The van der Waals surface area contributed by atoms with E-state index in [0.717, 1.165) is 33.4 Å². The molecule has 0 N–H and O–H groups in total. The number of hydrogen-bond donors (Lipinski definition) is 0. The predicted octanol–water partition coefficient (Wildman–Crippen LogP) is 10.5. The Kier molecular flexibility index (Phi) is 9.51. The van der Waals surface area contributed by atoms with Gasteiger partial charge in [0.25, 0.3) is 0 Å². The number of rotatable bonds is 9. The fourth-order valence-electron chi connectivity index (χ4n) is 5.15. The van der Waals surface area contributed by atoms with Crippen LogP contribution in [0.5, 0.6) is 0 Å². The largest absolute Gasteiger partial charge is 0.261 e. The highest BCUT2D eigenvalue weighted by atomic mass is 14.9. The SMILES string of the molecule is C=N/C(=N\Cc1cccc(C(=C)/C=C(\C=C(/C)c2ccccc2C)c2ccc(-c3ccccc3)cc2)c1)c1ccccc1. The van der Waals surface area contributed by atoms with Gasteiger partial charge >= 0.3 is 0 Å². The Morgan fingerprint density at radius 3 is 1.98 bits per heavy atom. The van der Waals surface area contributed by atoms with E-state index < -0.39 is 0 Å². The molecule has 0 radical (unpaired) electrons. The van der Waals surface area contributed by atoms with Gasteiger partial charge in [-0.3, -0.25) is 4.99 Å². The summed E-state index contributed by atoms with van der Waals surface area (Å²) in [7, 11) is 0. The molecule has 5 aromatic rings. The second kappa shape index (κ2) is 14.0. The molecule has 0 saturated heterocycles. The number of amidine groups is 1. The summed E-state index contributed by atoms with van der Waals surface area (Å²) in [4.78, 5) is 8.89. The van der Waals surface area contributed by atoms with E-state index >= 15 is 0 Å². The van der Waals surface area contributed by atoms with Crippen LogP contribution in [0.4, 0.5) is 0 Å². The minimum absolute atomic E-state index is 0.508. The van der Waals surface area contributed by atoms with Crippen molar-refractivity contribution in [3.05, 3.63) is 186 Å². The fraction of sp³-hybridized carbons (Fsp3) is 0.0732. The highest BCUT2D eigenvalue weighted by molar-refractivity contribution is 6.01. The third-order valence-electron chi connectivity index (χ3n) is 7.49. The first kappa shape index (κ1) is 29.2. The van der Waals surface area contributed by atoms with E-state index in [1.807, 2.05) is 36.4 Å². The van der Waals surface area contributed by atoms with E-state index in [1.54, 1.807) is 0 Å². The van der Waals surface area contributed by atoms with Crippen LogP contribution in [-0.2, 0) is 6.54 Å². The standard InChI is InChI=1S/C41H36N2/c1-30-14-11-12-21-40(30)32(3)27-39(36-24-22-35(23-25-36)34-16-7-5-8-17-34)26-31(2)38-20-13-15-33(28-38)29-43-41(42-4)37-18-9-6-10-19-37/h5-28H,2,4,29H2,1,3H3/b32-27+,39-26+,43-41-. The van der Waals surface area contributed by atoms with Gasteiger partial charge in [0.05, 0.1) is 6.54 Å². The number of nitrogens with zero attached hydrogens (tertiary/aromatic N) is 2. The minimum atomic E-state index is 0.508. The van der Waals surface area contributed by atoms with Crippen LogP contribution in [0.15, 0.2) is 162 Å². The molecule has 0 aromatic heterocycles. The summed E-state index contributed by atoms with van der Waals surface area (Å²) in [5, 5.41) is 0. The minimum Gasteiger partial charge on any atom is -0.261 e. The van der Waals surface area contributed by atoms with E-state index in [4.69, 9.17) is 4.99 Å². The highest BCUT2D eigenvalue weighted by Gasteiger charge is 2.08. The topological polar surface area (TPSA) is 24.7 Å². The van der Waals surface area contributed by atoms with Crippen molar-refractivity contribution >= 4 is 29.3 Å². The van der Waals surface area contributed by atoms with Crippen molar-refractivity contribution in [2.24, 2.45) is 9.98 Å². The lowest BCUT2D eigenvalue weighted by Crippen LogP contribution is -1.97. The molecule has 0 saturated carbocycles.